The van der Waals surface area contributed by atoms with Crippen LogP contribution in [0, 0.1) is 5.92 Å². The van der Waals surface area contributed by atoms with Crippen LogP contribution in [0.3, 0.4) is 0 Å². The van der Waals surface area contributed by atoms with Crippen molar-refractivity contribution in [3.8, 4) is 0 Å². The van der Waals surface area contributed by atoms with E-state index in [2.05, 4.69) is 27.7 Å². The highest BCUT2D eigenvalue weighted by Gasteiger charge is 2.24. The van der Waals surface area contributed by atoms with Gasteiger partial charge in [0.25, 0.3) is 0 Å². The third kappa shape index (κ3) is 4.32. The van der Waals surface area contributed by atoms with Crippen molar-refractivity contribution < 1.29 is 4.79 Å². The molecule has 22 heavy (non-hydrogen) atoms. The van der Waals surface area contributed by atoms with Gasteiger partial charge in [0, 0.05) is 17.8 Å². The van der Waals surface area contributed by atoms with Crippen LogP contribution in [-0.4, -0.2) is 30.4 Å². The fourth-order valence-electron chi connectivity index (χ4n) is 3.88. The molecule has 4 heteroatoms. The second-order valence-corrected chi connectivity index (χ2v) is 7.75. The van der Waals surface area contributed by atoms with E-state index < -0.39 is 0 Å². The van der Waals surface area contributed by atoms with Gasteiger partial charge in [-0.3, -0.25) is 9.69 Å². The fourth-order valence-corrected chi connectivity index (χ4v) is 4.74. The summed E-state index contributed by atoms with van der Waals surface area (Å²) >= 11 is 1.81. The lowest BCUT2D eigenvalue weighted by molar-refractivity contribution is -0.121. The molecule has 2 fully saturated rings. The zero-order chi connectivity index (χ0) is 15.2. The van der Waals surface area contributed by atoms with Gasteiger partial charge in [0.05, 0.1) is 6.04 Å². The van der Waals surface area contributed by atoms with Gasteiger partial charge >= 0.3 is 0 Å². The molecule has 2 aliphatic rings. The highest BCUT2D eigenvalue weighted by Crippen LogP contribution is 2.29. The topological polar surface area (TPSA) is 32.3 Å². The number of rotatable bonds is 7. The molecule has 1 aliphatic carbocycles. The van der Waals surface area contributed by atoms with Crippen molar-refractivity contribution >= 4 is 17.2 Å². The maximum absolute atomic E-state index is 12.2. The van der Waals surface area contributed by atoms with Crippen LogP contribution in [0.2, 0.25) is 0 Å². The quantitative estimate of drug-likeness (QED) is 0.824. The monoisotopic (exact) mass is 320 g/mol. The molecule has 3 nitrogen and oxygen atoms in total. The van der Waals surface area contributed by atoms with Gasteiger partial charge in [-0.05, 0) is 49.7 Å². The molecule has 0 unspecified atom stereocenters. The van der Waals surface area contributed by atoms with E-state index in [-0.39, 0.29) is 5.91 Å². The second-order valence-electron chi connectivity index (χ2n) is 6.77. The van der Waals surface area contributed by atoms with Crippen LogP contribution in [0.15, 0.2) is 17.5 Å². The molecule has 1 aliphatic heterocycles. The van der Waals surface area contributed by atoms with Gasteiger partial charge in [-0.2, -0.15) is 0 Å². The minimum atomic E-state index is 0.243. The minimum Gasteiger partial charge on any atom is -0.354 e. The number of hydrogen-bond donors (Lipinski definition) is 1. The van der Waals surface area contributed by atoms with E-state index in [0.29, 0.717) is 12.5 Å². The number of thiophene rings is 1. The molecule has 0 radical (unpaired) electrons. The van der Waals surface area contributed by atoms with Crippen LogP contribution in [0.1, 0.15) is 62.3 Å². The van der Waals surface area contributed by atoms with Gasteiger partial charge in [0.2, 0.25) is 5.91 Å². The lowest BCUT2D eigenvalue weighted by Gasteiger charge is -2.27. The van der Waals surface area contributed by atoms with E-state index in [4.69, 9.17) is 0 Å². The van der Waals surface area contributed by atoms with Crippen molar-refractivity contribution in [2.24, 2.45) is 5.92 Å². The van der Waals surface area contributed by atoms with Crippen LogP contribution >= 0.6 is 11.3 Å². The van der Waals surface area contributed by atoms with Crippen molar-refractivity contribution in [1.29, 1.82) is 0 Å². The third-order valence-corrected chi connectivity index (χ3v) is 6.17. The first-order valence-corrected chi connectivity index (χ1v) is 9.75. The maximum atomic E-state index is 12.2. The molecule has 2 heterocycles. The van der Waals surface area contributed by atoms with E-state index in [1.54, 1.807) is 0 Å². The number of nitrogens with one attached hydrogen (secondary N) is 1. The molecular formula is C18H28N2OS. The van der Waals surface area contributed by atoms with Gasteiger partial charge < -0.3 is 5.32 Å². The van der Waals surface area contributed by atoms with Crippen molar-refractivity contribution in [1.82, 2.24) is 10.2 Å². The first-order chi connectivity index (χ1) is 10.8. The Balaban J connectivity index is 1.47. The average molecular weight is 321 g/mol. The minimum absolute atomic E-state index is 0.243. The molecule has 1 atom stereocenters. The van der Waals surface area contributed by atoms with Crippen molar-refractivity contribution in [3.05, 3.63) is 22.4 Å². The average Bonchev–Trinajstić information content (AvgIpc) is 3.27. The van der Waals surface area contributed by atoms with Gasteiger partial charge in [-0.25, -0.2) is 0 Å². The van der Waals surface area contributed by atoms with Gasteiger partial charge in [-0.15, -0.1) is 11.3 Å². The van der Waals surface area contributed by atoms with Crippen LogP contribution in [0.25, 0.3) is 0 Å². The van der Waals surface area contributed by atoms with Gasteiger partial charge in [0.15, 0.2) is 0 Å². The van der Waals surface area contributed by atoms with Crippen LogP contribution in [-0.2, 0) is 4.79 Å². The summed E-state index contributed by atoms with van der Waals surface area (Å²) in [5.41, 5.74) is 0. The first-order valence-electron chi connectivity index (χ1n) is 8.87. The number of carbonyl (C=O) groups is 1. The summed E-state index contributed by atoms with van der Waals surface area (Å²) in [4.78, 5) is 16.1. The lowest BCUT2D eigenvalue weighted by Crippen LogP contribution is -2.36. The predicted molar refractivity (Wildman–Crippen MR) is 92.1 cm³/mol. The SMILES string of the molecule is O=C(CCC1CCCC1)NC[C@H](c1cccs1)N1CCCC1. The first kappa shape index (κ1) is 16.0. The van der Waals surface area contributed by atoms with Crippen LogP contribution < -0.4 is 5.32 Å². The Kier molecular flexibility index (Phi) is 5.90. The second kappa shape index (κ2) is 8.11. The Morgan fingerprint density at radius 3 is 2.73 bits per heavy atom. The predicted octanol–water partition coefficient (Wildman–Crippen LogP) is 3.97. The molecule has 1 N–H and O–H groups in total. The van der Waals surface area contributed by atoms with E-state index in [1.807, 2.05) is 11.3 Å². The Labute approximate surface area is 138 Å². The number of hydrogen-bond acceptors (Lipinski definition) is 3. The fraction of sp³-hybridized carbons (Fsp3) is 0.722. The lowest BCUT2D eigenvalue weighted by atomic mass is 10.0. The summed E-state index contributed by atoms with van der Waals surface area (Å²) in [5.74, 6) is 1.05. The van der Waals surface area contributed by atoms with E-state index in [0.717, 1.165) is 18.9 Å². The van der Waals surface area contributed by atoms with Crippen LogP contribution in [0.5, 0.6) is 0 Å². The zero-order valence-corrected chi connectivity index (χ0v) is 14.2. The molecule has 1 saturated carbocycles. The largest absolute Gasteiger partial charge is 0.354 e. The molecule has 1 aromatic heterocycles. The highest BCUT2D eigenvalue weighted by molar-refractivity contribution is 7.10. The third-order valence-electron chi connectivity index (χ3n) is 5.20. The van der Waals surface area contributed by atoms with Crippen LogP contribution in [0.4, 0.5) is 0 Å². The molecule has 1 amide bonds. The summed E-state index contributed by atoms with van der Waals surface area (Å²) in [5, 5.41) is 5.34. The molecule has 1 saturated heterocycles. The summed E-state index contributed by atoms with van der Waals surface area (Å²) in [6.07, 6.45) is 9.76. The number of likely N-dealkylation sites (tertiary alicyclic amines) is 1. The summed E-state index contributed by atoms with van der Waals surface area (Å²) in [6, 6.07) is 4.70. The number of amides is 1. The van der Waals surface area contributed by atoms with E-state index in [1.165, 1.54) is 56.5 Å². The highest BCUT2D eigenvalue weighted by atomic mass is 32.1. The number of carbonyl (C=O) groups excluding carboxylic acids is 1. The van der Waals surface area contributed by atoms with Gasteiger partial charge in [0.1, 0.15) is 0 Å². The van der Waals surface area contributed by atoms with Crippen molar-refractivity contribution in [3.63, 3.8) is 0 Å². The Morgan fingerprint density at radius 2 is 2.05 bits per heavy atom. The molecule has 0 aromatic carbocycles. The van der Waals surface area contributed by atoms with E-state index >= 15 is 0 Å². The number of nitrogens with zero attached hydrogens (tertiary/aromatic N) is 1. The molecule has 1 aromatic rings. The standard InChI is InChI=1S/C18H28N2OS/c21-18(10-9-15-6-1-2-7-15)19-14-16(17-8-5-13-22-17)20-11-3-4-12-20/h5,8,13,15-16H,1-4,6-7,9-12,14H2,(H,19,21)/t16-/m1/s1. The normalized spacial score (nSPS) is 21.3. The summed E-state index contributed by atoms with van der Waals surface area (Å²) in [7, 11) is 0. The summed E-state index contributed by atoms with van der Waals surface area (Å²) < 4.78 is 0. The molecule has 0 spiro atoms. The zero-order valence-electron chi connectivity index (χ0n) is 13.4. The van der Waals surface area contributed by atoms with Crippen molar-refractivity contribution in [2.75, 3.05) is 19.6 Å². The molecular weight excluding hydrogens is 292 g/mol. The Bertz CT molecular complexity index is 448. The molecule has 122 valence electrons. The summed E-state index contributed by atoms with van der Waals surface area (Å²) in [6.45, 7) is 3.10. The van der Waals surface area contributed by atoms with E-state index in [9.17, 15) is 4.79 Å². The van der Waals surface area contributed by atoms with Gasteiger partial charge in [-0.1, -0.05) is 31.7 Å². The Hall–Kier alpha value is -0.870. The maximum Gasteiger partial charge on any atom is 0.220 e. The molecule has 3 rings (SSSR count). The molecule has 0 bridgehead atoms. The smallest absolute Gasteiger partial charge is 0.220 e. The van der Waals surface area contributed by atoms with Crippen molar-refractivity contribution in [2.45, 2.75) is 57.4 Å². The Morgan fingerprint density at radius 1 is 1.27 bits per heavy atom.